The number of phenols is 1. The quantitative estimate of drug-likeness (QED) is 0.516. The molecule has 0 heterocycles. The van der Waals surface area contributed by atoms with Gasteiger partial charge in [0.15, 0.2) is 0 Å². The SMILES string of the molecule is Nc1cc(C(=O)NC23CC(C2)C3)ccc1O. The Hall–Kier alpha value is -1.71. The molecule has 0 aliphatic heterocycles. The predicted molar refractivity (Wildman–Crippen MR) is 60.1 cm³/mol. The van der Waals surface area contributed by atoms with Crippen molar-refractivity contribution in [1.82, 2.24) is 5.32 Å². The minimum Gasteiger partial charge on any atom is -0.506 e. The van der Waals surface area contributed by atoms with Crippen LogP contribution in [0.15, 0.2) is 18.2 Å². The van der Waals surface area contributed by atoms with Gasteiger partial charge in [0.1, 0.15) is 5.75 Å². The van der Waals surface area contributed by atoms with Crippen molar-refractivity contribution >= 4 is 11.6 Å². The summed E-state index contributed by atoms with van der Waals surface area (Å²) in [7, 11) is 0. The average Bonchev–Trinajstić information content (AvgIpc) is 2.13. The minimum atomic E-state index is -0.0927. The predicted octanol–water partition coefficient (Wildman–Crippen LogP) is 1.26. The molecule has 0 saturated heterocycles. The second kappa shape index (κ2) is 2.90. The molecule has 0 unspecified atom stereocenters. The molecule has 1 aromatic rings. The highest BCUT2D eigenvalue weighted by molar-refractivity contribution is 5.96. The smallest absolute Gasteiger partial charge is 0.251 e. The van der Waals surface area contributed by atoms with E-state index in [1.165, 1.54) is 12.1 Å². The Morgan fingerprint density at radius 1 is 1.44 bits per heavy atom. The van der Waals surface area contributed by atoms with Crippen LogP contribution in [-0.2, 0) is 0 Å². The first-order valence-corrected chi connectivity index (χ1v) is 5.49. The van der Waals surface area contributed by atoms with Gasteiger partial charge in [0.25, 0.3) is 5.91 Å². The number of aromatic hydroxyl groups is 1. The molecular weight excluding hydrogens is 204 g/mol. The van der Waals surface area contributed by atoms with Gasteiger partial charge in [-0.1, -0.05) is 0 Å². The second-order valence-corrected chi connectivity index (χ2v) is 4.99. The van der Waals surface area contributed by atoms with E-state index in [-0.39, 0.29) is 22.9 Å². The van der Waals surface area contributed by atoms with Gasteiger partial charge in [-0.15, -0.1) is 0 Å². The Labute approximate surface area is 93.5 Å². The van der Waals surface area contributed by atoms with Gasteiger partial charge >= 0.3 is 0 Å². The zero-order valence-electron chi connectivity index (χ0n) is 8.86. The number of phenolic OH excluding ortho intramolecular Hbond substituents is 1. The van der Waals surface area contributed by atoms with Crippen LogP contribution in [0.3, 0.4) is 0 Å². The summed E-state index contributed by atoms with van der Waals surface area (Å²) < 4.78 is 0. The number of rotatable bonds is 2. The van der Waals surface area contributed by atoms with Crippen LogP contribution in [0, 0.1) is 5.92 Å². The van der Waals surface area contributed by atoms with E-state index in [2.05, 4.69) is 5.32 Å². The van der Waals surface area contributed by atoms with Gasteiger partial charge in [-0.2, -0.15) is 0 Å². The molecule has 0 aromatic heterocycles. The number of nitrogen functional groups attached to an aromatic ring is 1. The molecule has 2 bridgehead atoms. The van der Waals surface area contributed by atoms with Crippen LogP contribution < -0.4 is 11.1 Å². The van der Waals surface area contributed by atoms with Gasteiger partial charge in [0.05, 0.1) is 5.69 Å². The van der Waals surface area contributed by atoms with Crippen LogP contribution >= 0.6 is 0 Å². The van der Waals surface area contributed by atoms with E-state index in [0.717, 1.165) is 25.2 Å². The van der Waals surface area contributed by atoms with E-state index in [1.807, 2.05) is 0 Å². The Morgan fingerprint density at radius 2 is 2.12 bits per heavy atom. The van der Waals surface area contributed by atoms with Crippen molar-refractivity contribution in [3.8, 4) is 5.75 Å². The van der Waals surface area contributed by atoms with Gasteiger partial charge in [-0.25, -0.2) is 0 Å². The highest BCUT2D eigenvalue weighted by Crippen LogP contribution is 2.56. The number of hydrogen-bond donors (Lipinski definition) is 3. The fourth-order valence-electron chi connectivity index (χ4n) is 2.64. The summed E-state index contributed by atoms with van der Waals surface area (Å²) in [5.74, 6) is 0.761. The van der Waals surface area contributed by atoms with Crippen molar-refractivity contribution in [3.05, 3.63) is 23.8 Å². The van der Waals surface area contributed by atoms with E-state index in [4.69, 9.17) is 5.73 Å². The average molecular weight is 218 g/mol. The lowest BCUT2D eigenvalue weighted by atomic mass is 9.50. The maximum absolute atomic E-state index is 11.9. The van der Waals surface area contributed by atoms with Gasteiger partial charge in [0.2, 0.25) is 0 Å². The first-order chi connectivity index (χ1) is 7.58. The summed E-state index contributed by atoms with van der Waals surface area (Å²) in [6.45, 7) is 0. The number of hydrogen-bond acceptors (Lipinski definition) is 3. The van der Waals surface area contributed by atoms with Crippen molar-refractivity contribution in [3.63, 3.8) is 0 Å². The summed E-state index contributed by atoms with van der Waals surface area (Å²) in [5.41, 5.74) is 6.38. The third-order valence-electron chi connectivity index (χ3n) is 3.71. The number of benzene rings is 1. The van der Waals surface area contributed by atoms with Crippen molar-refractivity contribution in [2.24, 2.45) is 5.92 Å². The van der Waals surface area contributed by atoms with Crippen molar-refractivity contribution in [2.75, 3.05) is 5.73 Å². The molecule has 4 rings (SSSR count). The molecule has 3 aliphatic rings. The number of carbonyl (C=O) groups excluding carboxylic acids is 1. The fraction of sp³-hybridized carbons (Fsp3) is 0.417. The Morgan fingerprint density at radius 3 is 2.62 bits per heavy atom. The maximum atomic E-state index is 11.9. The molecular formula is C12H14N2O2. The monoisotopic (exact) mass is 218 g/mol. The zero-order chi connectivity index (χ0) is 11.3. The van der Waals surface area contributed by atoms with Crippen molar-refractivity contribution < 1.29 is 9.90 Å². The lowest BCUT2D eigenvalue weighted by Gasteiger charge is -2.61. The first-order valence-electron chi connectivity index (χ1n) is 5.49. The molecule has 3 saturated carbocycles. The van der Waals surface area contributed by atoms with E-state index in [1.54, 1.807) is 6.07 Å². The third-order valence-corrected chi connectivity index (χ3v) is 3.71. The van der Waals surface area contributed by atoms with Gasteiger partial charge in [-0.05, 0) is 43.4 Å². The van der Waals surface area contributed by atoms with Crippen LogP contribution in [0.25, 0.3) is 0 Å². The van der Waals surface area contributed by atoms with Gasteiger partial charge in [0, 0.05) is 11.1 Å². The van der Waals surface area contributed by atoms with E-state index >= 15 is 0 Å². The number of nitrogens with one attached hydrogen (secondary N) is 1. The molecule has 1 amide bonds. The molecule has 4 N–H and O–H groups in total. The third kappa shape index (κ3) is 1.26. The minimum absolute atomic E-state index is 0.0158. The summed E-state index contributed by atoms with van der Waals surface area (Å²) >= 11 is 0. The molecule has 3 fully saturated rings. The number of amides is 1. The molecule has 1 aromatic carbocycles. The molecule has 3 aliphatic carbocycles. The first kappa shape index (κ1) is 9.51. The second-order valence-electron chi connectivity index (χ2n) is 4.99. The van der Waals surface area contributed by atoms with Crippen LogP contribution in [0.2, 0.25) is 0 Å². The number of carbonyl (C=O) groups is 1. The van der Waals surface area contributed by atoms with Crippen LogP contribution in [0.1, 0.15) is 29.6 Å². The molecule has 4 heteroatoms. The Balaban J connectivity index is 1.75. The van der Waals surface area contributed by atoms with E-state index in [9.17, 15) is 9.90 Å². The lowest BCUT2D eigenvalue weighted by molar-refractivity contribution is -0.0438. The van der Waals surface area contributed by atoms with Crippen molar-refractivity contribution in [1.29, 1.82) is 0 Å². The Bertz CT molecular complexity index is 453. The molecule has 0 radical (unpaired) electrons. The normalized spacial score (nSPS) is 30.1. The molecule has 0 atom stereocenters. The van der Waals surface area contributed by atoms with Crippen LogP contribution in [-0.4, -0.2) is 16.6 Å². The lowest BCUT2D eigenvalue weighted by Crippen LogP contribution is -2.68. The highest BCUT2D eigenvalue weighted by atomic mass is 16.3. The molecule has 84 valence electrons. The van der Waals surface area contributed by atoms with Crippen molar-refractivity contribution in [2.45, 2.75) is 24.8 Å². The topological polar surface area (TPSA) is 75.4 Å². The number of anilines is 1. The molecule has 16 heavy (non-hydrogen) atoms. The standard InChI is InChI=1S/C12H14N2O2/c13-9-3-8(1-2-10(9)15)11(16)14-12-4-7(5-12)6-12/h1-3,7,15H,4-6,13H2,(H,14,16). The van der Waals surface area contributed by atoms with Gasteiger partial charge in [-0.3, -0.25) is 4.79 Å². The maximum Gasteiger partial charge on any atom is 0.251 e. The Kier molecular flexibility index (Phi) is 1.73. The highest BCUT2D eigenvalue weighted by Gasteiger charge is 2.57. The molecule has 0 spiro atoms. The summed E-state index contributed by atoms with van der Waals surface area (Å²) in [6, 6.07) is 4.55. The zero-order valence-corrected chi connectivity index (χ0v) is 8.86. The number of nitrogens with two attached hydrogens (primary N) is 1. The van der Waals surface area contributed by atoms with E-state index < -0.39 is 0 Å². The van der Waals surface area contributed by atoms with E-state index in [0.29, 0.717) is 5.56 Å². The largest absolute Gasteiger partial charge is 0.506 e. The van der Waals surface area contributed by atoms with Crippen LogP contribution in [0.4, 0.5) is 5.69 Å². The summed E-state index contributed by atoms with van der Waals surface area (Å²) in [4.78, 5) is 11.9. The fourth-order valence-corrected chi connectivity index (χ4v) is 2.64. The van der Waals surface area contributed by atoms with Gasteiger partial charge < -0.3 is 16.2 Å². The summed E-state index contributed by atoms with van der Waals surface area (Å²) in [6.07, 6.45) is 3.35. The summed E-state index contributed by atoms with van der Waals surface area (Å²) in [5, 5.41) is 12.3. The molecule has 4 nitrogen and oxygen atoms in total. The van der Waals surface area contributed by atoms with Crippen LogP contribution in [0.5, 0.6) is 5.75 Å².